The quantitative estimate of drug-likeness (QED) is 0.770. The van der Waals surface area contributed by atoms with Gasteiger partial charge in [-0.2, -0.15) is 0 Å². The summed E-state index contributed by atoms with van der Waals surface area (Å²) in [6.07, 6.45) is 1.05. The van der Waals surface area contributed by atoms with Crippen molar-refractivity contribution in [3.05, 3.63) is 27.4 Å². The van der Waals surface area contributed by atoms with E-state index in [9.17, 15) is 0 Å². The molecule has 0 aliphatic heterocycles. The Labute approximate surface area is 106 Å². The van der Waals surface area contributed by atoms with E-state index in [1.54, 1.807) is 22.7 Å². The Morgan fingerprint density at radius 1 is 1.33 bits per heavy atom. The summed E-state index contributed by atoms with van der Waals surface area (Å²) in [7, 11) is 0. The standard InChI is InChI=1S/C11H11BrOS2/c1-2-6-13-10-4-3-9(15-10)8-5-7-14-11(8)12/h3-5,7H,2,6H2,1H3. The van der Waals surface area contributed by atoms with Crippen LogP contribution in [0.4, 0.5) is 0 Å². The lowest BCUT2D eigenvalue weighted by Crippen LogP contribution is -1.91. The summed E-state index contributed by atoms with van der Waals surface area (Å²) < 4.78 is 6.77. The van der Waals surface area contributed by atoms with Crippen LogP contribution in [0.25, 0.3) is 10.4 Å². The van der Waals surface area contributed by atoms with Gasteiger partial charge in [0.05, 0.1) is 10.4 Å². The van der Waals surface area contributed by atoms with Crippen LogP contribution in [0.5, 0.6) is 5.06 Å². The molecular formula is C11H11BrOS2. The molecule has 15 heavy (non-hydrogen) atoms. The zero-order chi connectivity index (χ0) is 10.7. The number of hydrogen-bond donors (Lipinski definition) is 0. The largest absolute Gasteiger partial charge is 0.484 e. The Morgan fingerprint density at radius 3 is 2.87 bits per heavy atom. The van der Waals surface area contributed by atoms with Gasteiger partial charge in [-0.3, -0.25) is 0 Å². The molecule has 0 radical (unpaired) electrons. The van der Waals surface area contributed by atoms with Crippen molar-refractivity contribution in [2.75, 3.05) is 6.61 Å². The SMILES string of the molecule is CCCOc1ccc(-c2ccsc2Br)s1. The molecule has 0 saturated heterocycles. The number of thiophene rings is 2. The van der Waals surface area contributed by atoms with Crippen LogP contribution in [0.15, 0.2) is 27.4 Å². The van der Waals surface area contributed by atoms with Gasteiger partial charge in [0.15, 0.2) is 5.06 Å². The summed E-state index contributed by atoms with van der Waals surface area (Å²) >= 11 is 6.96. The molecular weight excluding hydrogens is 292 g/mol. The highest BCUT2D eigenvalue weighted by Gasteiger charge is 2.07. The van der Waals surface area contributed by atoms with Crippen LogP contribution in [-0.2, 0) is 0 Å². The molecule has 0 spiro atoms. The molecule has 2 aromatic rings. The summed E-state index contributed by atoms with van der Waals surface area (Å²) in [5.41, 5.74) is 1.26. The first-order valence-corrected chi connectivity index (χ1v) is 7.26. The lowest BCUT2D eigenvalue weighted by atomic mass is 10.3. The van der Waals surface area contributed by atoms with Gasteiger partial charge in [0.1, 0.15) is 0 Å². The molecule has 4 heteroatoms. The molecule has 0 aliphatic carbocycles. The highest BCUT2D eigenvalue weighted by atomic mass is 79.9. The molecule has 0 amide bonds. The van der Waals surface area contributed by atoms with E-state index in [1.165, 1.54) is 14.2 Å². The van der Waals surface area contributed by atoms with Crippen LogP contribution in [0.1, 0.15) is 13.3 Å². The molecule has 1 nitrogen and oxygen atoms in total. The van der Waals surface area contributed by atoms with Crippen LogP contribution in [-0.4, -0.2) is 6.61 Å². The van der Waals surface area contributed by atoms with Crippen molar-refractivity contribution < 1.29 is 4.74 Å². The third-order valence-corrected chi connectivity index (χ3v) is 4.63. The summed E-state index contributed by atoms with van der Waals surface area (Å²) in [5.74, 6) is 0. The van der Waals surface area contributed by atoms with Crippen LogP contribution >= 0.6 is 38.6 Å². The van der Waals surface area contributed by atoms with Crippen molar-refractivity contribution in [2.45, 2.75) is 13.3 Å². The molecule has 80 valence electrons. The van der Waals surface area contributed by atoms with E-state index in [4.69, 9.17) is 4.74 Å². The predicted octanol–water partition coefficient (Wildman–Crippen LogP) is 5.03. The van der Waals surface area contributed by atoms with Gasteiger partial charge in [0.2, 0.25) is 0 Å². The van der Waals surface area contributed by atoms with Crippen LogP contribution in [0.2, 0.25) is 0 Å². The summed E-state index contributed by atoms with van der Waals surface area (Å²) in [4.78, 5) is 1.26. The predicted molar refractivity (Wildman–Crippen MR) is 71.1 cm³/mol. The third-order valence-electron chi connectivity index (χ3n) is 1.91. The molecule has 0 aromatic carbocycles. The second kappa shape index (κ2) is 5.14. The number of ether oxygens (including phenoxy) is 1. The first-order valence-electron chi connectivity index (χ1n) is 4.77. The van der Waals surface area contributed by atoms with Crippen molar-refractivity contribution in [1.82, 2.24) is 0 Å². The molecule has 2 aromatic heterocycles. The molecule has 2 heterocycles. The first kappa shape index (κ1) is 11.2. The van der Waals surface area contributed by atoms with Gasteiger partial charge >= 0.3 is 0 Å². The van der Waals surface area contributed by atoms with Gasteiger partial charge in [-0.1, -0.05) is 18.3 Å². The zero-order valence-electron chi connectivity index (χ0n) is 8.33. The zero-order valence-corrected chi connectivity index (χ0v) is 11.5. The second-order valence-electron chi connectivity index (χ2n) is 3.08. The van der Waals surface area contributed by atoms with Crippen molar-refractivity contribution >= 4 is 38.6 Å². The highest BCUT2D eigenvalue weighted by Crippen LogP contribution is 2.39. The van der Waals surface area contributed by atoms with E-state index in [2.05, 4.69) is 40.4 Å². The maximum Gasteiger partial charge on any atom is 0.174 e. The summed E-state index contributed by atoms with van der Waals surface area (Å²) in [5, 5.41) is 3.09. The Morgan fingerprint density at radius 2 is 2.20 bits per heavy atom. The van der Waals surface area contributed by atoms with E-state index < -0.39 is 0 Å². The van der Waals surface area contributed by atoms with E-state index in [1.807, 2.05) is 6.07 Å². The Hall–Kier alpha value is -0.320. The van der Waals surface area contributed by atoms with E-state index >= 15 is 0 Å². The maximum absolute atomic E-state index is 5.58. The molecule has 0 saturated carbocycles. The van der Waals surface area contributed by atoms with E-state index in [-0.39, 0.29) is 0 Å². The monoisotopic (exact) mass is 302 g/mol. The lowest BCUT2D eigenvalue weighted by Gasteiger charge is -1.98. The van der Waals surface area contributed by atoms with Gasteiger partial charge in [-0.05, 0) is 45.9 Å². The van der Waals surface area contributed by atoms with E-state index in [0.29, 0.717) is 0 Å². The Balaban J connectivity index is 2.17. The molecule has 0 atom stereocenters. The number of rotatable bonds is 4. The first-order chi connectivity index (χ1) is 7.31. The molecule has 0 fully saturated rings. The van der Waals surface area contributed by atoms with Crippen LogP contribution in [0.3, 0.4) is 0 Å². The number of halogens is 1. The topological polar surface area (TPSA) is 9.23 Å². The van der Waals surface area contributed by atoms with Gasteiger partial charge in [0, 0.05) is 10.4 Å². The minimum absolute atomic E-state index is 0.796. The van der Waals surface area contributed by atoms with Crippen molar-refractivity contribution in [3.63, 3.8) is 0 Å². The molecule has 0 aliphatic rings. The molecule has 0 N–H and O–H groups in total. The van der Waals surface area contributed by atoms with Gasteiger partial charge < -0.3 is 4.74 Å². The highest BCUT2D eigenvalue weighted by molar-refractivity contribution is 9.11. The molecule has 0 unspecified atom stereocenters. The minimum Gasteiger partial charge on any atom is -0.484 e. The summed E-state index contributed by atoms with van der Waals surface area (Å²) in [6, 6.07) is 6.28. The maximum atomic E-state index is 5.58. The normalized spacial score (nSPS) is 10.5. The van der Waals surface area contributed by atoms with Crippen molar-refractivity contribution in [3.8, 4) is 15.5 Å². The average molecular weight is 303 g/mol. The van der Waals surface area contributed by atoms with Crippen LogP contribution in [0, 0.1) is 0 Å². The minimum atomic E-state index is 0.796. The van der Waals surface area contributed by atoms with Gasteiger partial charge in [-0.25, -0.2) is 0 Å². The Kier molecular flexibility index (Phi) is 3.83. The van der Waals surface area contributed by atoms with Crippen molar-refractivity contribution in [1.29, 1.82) is 0 Å². The fraction of sp³-hybridized carbons (Fsp3) is 0.273. The number of hydrogen-bond acceptors (Lipinski definition) is 3. The van der Waals surface area contributed by atoms with Gasteiger partial charge in [-0.15, -0.1) is 11.3 Å². The van der Waals surface area contributed by atoms with Crippen LogP contribution < -0.4 is 4.74 Å². The molecule has 0 bridgehead atoms. The smallest absolute Gasteiger partial charge is 0.174 e. The Bertz CT molecular complexity index is 433. The molecule has 2 rings (SSSR count). The van der Waals surface area contributed by atoms with E-state index in [0.717, 1.165) is 18.1 Å². The second-order valence-corrected chi connectivity index (χ2v) is 6.36. The summed E-state index contributed by atoms with van der Waals surface area (Å²) in [6.45, 7) is 2.91. The van der Waals surface area contributed by atoms with Crippen molar-refractivity contribution in [2.24, 2.45) is 0 Å². The fourth-order valence-electron chi connectivity index (χ4n) is 1.21. The average Bonchev–Trinajstić information content (AvgIpc) is 2.83. The lowest BCUT2D eigenvalue weighted by molar-refractivity contribution is 0.326. The third kappa shape index (κ3) is 2.62. The van der Waals surface area contributed by atoms with Gasteiger partial charge in [0.25, 0.3) is 0 Å². The fourth-order valence-corrected chi connectivity index (χ4v) is 3.62.